The van der Waals surface area contributed by atoms with Gasteiger partial charge < -0.3 is 4.74 Å². The Bertz CT molecular complexity index is 623. The standard InChI is InChI=1S/C16H14ClFO2/c1-10-3-6-13(17)9-15(10)20-11(2)16(19)12-4-7-14(18)8-5-12/h3-9,11H,1-2H3. The van der Waals surface area contributed by atoms with E-state index in [1.54, 1.807) is 19.1 Å². The molecule has 0 aliphatic heterocycles. The molecule has 0 heterocycles. The van der Waals surface area contributed by atoms with E-state index in [0.717, 1.165) is 5.56 Å². The van der Waals surface area contributed by atoms with Gasteiger partial charge in [-0.25, -0.2) is 4.39 Å². The molecule has 1 unspecified atom stereocenters. The fraction of sp³-hybridized carbons (Fsp3) is 0.188. The van der Waals surface area contributed by atoms with Crippen LogP contribution in [0.4, 0.5) is 4.39 Å². The van der Waals surface area contributed by atoms with Gasteiger partial charge in [-0.05, 0) is 55.8 Å². The summed E-state index contributed by atoms with van der Waals surface area (Å²) in [7, 11) is 0. The van der Waals surface area contributed by atoms with Crippen LogP contribution in [0.2, 0.25) is 5.02 Å². The van der Waals surface area contributed by atoms with Crippen LogP contribution in [-0.2, 0) is 0 Å². The molecule has 0 radical (unpaired) electrons. The van der Waals surface area contributed by atoms with E-state index in [1.807, 2.05) is 13.0 Å². The monoisotopic (exact) mass is 292 g/mol. The minimum atomic E-state index is -0.669. The average Bonchev–Trinajstić information content (AvgIpc) is 2.43. The first-order valence-corrected chi connectivity index (χ1v) is 6.58. The van der Waals surface area contributed by atoms with Crippen LogP contribution < -0.4 is 4.74 Å². The summed E-state index contributed by atoms with van der Waals surface area (Å²) < 4.78 is 18.5. The highest BCUT2D eigenvalue weighted by Crippen LogP contribution is 2.24. The van der Waals surface area contributed by atoms with Gasteiger partial charge in [-0.2, -0.15) is 0 Å². The fourth-order valence-corrected chi connectivity index (χ4v) is 1.96. The number of aryl methyl sites for hydroxylation is 1. The molecule has 0 amide bonds. The maximum Gasteiger partial charge on any atom is 0.202 e. The van der Waals surface area contributed by atoms with Crippen LogP contribution in [0, 0.1) is 12.7 Å². The summed E-state index contributed by atoms with van der Waals surface area (Å²) in [4.78, 5) is 12.2. The Morgan fingerprint density at radius 2 is 1.85 bits per heavy atom. The summed E-state index contributed by atoms with van der Waals surface area (Å²) in [5.41, 5.74) is 1.31. The minimum absolute atomic E-state index is 0.204. The number of Topliss-reactive ketones (excluding diaryl/α,β-unsaturated/α-hetero) is 1. The highest BCUT2D eigenvalue weighted by molar-refractivity contribution is 6.30. The number of hydrogen-bond acceptors (Lipinski definition) is 2. The Hall–Kier alpha value is -1.87. The average molecular weight is 293 g/mol. The second-order valence-corrected chi connectivity index (χ2v) is 4.98. The van der Waals surface area contributed by atoms with Crippen LogP contribution in [0.1, 0.15) is 22.8 Å². The third-order valence-corrected chi connectivity index (χ3v) is 3.19. The molecule has 0 saturated heterocycles. The van der Waals surface area contributed by atoms with E-state index in [4.69, 9.17) is 16.3 Å². The normalized spacial score (nSPS) is 12.0. The molecule has 20 heavy (non-hydrogen) atoms. The minimum Gasteiger partial charge on any atom is -0.482 e. The lowest BCUT2D eigenvalue weighted by molar-refractivity contribution is 0.0817. The Morgan fingerprint density at radius 3 is 2.50 bits per heavy atom. The van der Waals surface area contributed by atoms with Crippen molar-refractivity contribution < 1.29 is 13.9 Å². The molecular formula is C16H14ClFO2. The maximum atomic E-state index is 12.8. The van der Waals surface area contributed by atoms with Gasteiger partial charge in [0.15, 0.2) is 6.10 Å². The quantitative estimate of drug-likeness (QED) is 0.779. The zero-order chi connectivity index (χ0) is 14.7. The van der Waals surface area contributed by atoms with E-state index < -0.39 is 6.10 Å². The van der Waals surface area contributed by atoms with E-state index >= 15 is 0 Å². The van der Waals surface area contributed by atoms with Gasteiger partial charge in [-0.3, -0.25) is 4.79 Å². The van der Waals surface area contributed by atoms with E-state index in [9.17, 15) is 9.18 Å². The van der Waals surface area contributed by atoms with Crippen molar-refractivity contribution in [2.24, 2.45) is 0 Å². The number of ketones is 1. The predicted molar refractivity (Wildman–Crippen MR) is 77.0 cm³/mol. The smallest absolute Gasteiger partial charge is 0.202 e. The SMILES string of the molecule is Cc1ccc(Cl)cc1OC(C)C(=O)c1ccc(F)cc1. The van der Waals surface area contributed by atoms with Crippen LogP contribution >= 0.6 is 11.6 Å². The number of rotatable bonds is 4. The first-order valence-electron chi connectivity index (χ1n) is 6.20. The van der Waals surface area contributed by atoms with Crippen molar-refractivity contribution in [2.45, 2.75) is 20.0 Å². The Balaban J connectivity index is 2.15. The third kappa shape index (κ3) is 3.36. The highest BCUT2D eigenvalue weighted by atomic mass is 35.5. The van der Waals surface area contributed by atoms with Gasteiger partial charge >= 0.3 is 0 Å². The highest BCUT2D eigenvalue weighted by Gasteiger charge is 2.17. The first-order chi connectivity index (χ1) is 9.47. The Morgan fingerprint density at radius 1 is 1.20 bits per heavy atom. The third-order valence-electron chi connectivity index (χ3n) is 2.95. The molecule has 0 aliphatic rings. The van der Waals surface area contributed by atoms with Crippen molar-refractivity contribution in [2.75, 3.05) is 0 Å². The summed E-state index contributed by atoms with van der Waals surface area (Å²) in [5, 5.41) is 0.548. The van der Waals surface area contributed by atoms with Crippen molar-refractivity contribution in [3.05, 3.63) is 64.4 Å². The fourth-order valence-electron chi connectivity index (χ4n) is 1.79. The number of carbonyl (C=O) groups is 1. The largest absolute Gasteiger partial charge is 0.482 e. The van der Waals surface area contributed by atoms with Crippen LogP contribution in [0.15, 0.2) is 42.5 Å². The molecule has 0 fully saturated rings. The molecule has 0 N–H and O–H groups in total. The van der Waals surface area contributed by atoms with Crippen molar-refractivity contribution in [1.29, 1.82) is 0 Å². The predicted octanol–water partition coefficient (Wildman–Crippen LogP) is 4.44. The lowest BCUT2D eigenvalue weighted by atomic mass is 10.1. The molecule has 0 aromatic heterocycles. The number of hydrogen-bond donors (Lipinski definition) is 0. The van der Waals surface area contributed by atoms with Gasteiger partial charge in [0.1, 0.15) is 11.6 Å². The van der Waals surface area contributed by atoms with Crippen molar-refractivity contribution in [1.82, 2.24) is 0 Å². The lowest BCUT2D eigenvalue weighted by Crippen LogP contribution is -2.24. The van der Waals surface area contributed by atoms with Gasteiger partial charge in [0.2, 0.25) is 5.78 Å². The van der Waals surface area contributed by atoms with Crippen molar-refractivity contribution >= 4 is 17.4 Å². The number of halogens is 2. The molecular weight excluding hydrogens is 279 g/mol. The van der Waals surface area contributed by atoms with Crippen LogP contribution in [0.5, 0.6) is 5.75 Å². The molecule has 4 heteroatoms. The Kier molecular flexibility index (Phi) is 4.40. The topological polar surface area (TPSA) is 26.3 Å². The summed E-state index contributed by atoms with van der Waals surface area (Å²) in [6.45, 7) is 3.53. The molecule has 1 atom stereocenters. The molecule has 2 nitrogen and oxygen atoms in total. The summed E-state index contributed by atoms with van der Waals surface area (Å²) in [5.74, 6) is -0.00866. The second-order valence-electron chi connectivity index (χ2n) is 4.54. The molecule has 2 aromatic rings. The zero-order valence-electron chi connectivity index (χ0n) is 11.2. The van der Waals surface area contributed by atoms with E-state index in [-0.39, 0.29) is 11.6 Å². The maximum absolute atomic E-state index is 12.8. The van der Waals surface area contributed by atoms with Gasteiger partial charge in [-0.1, -0.05) is 17.7 Å². The zero-order valence-corrected chi connectivity index (χ0v) is 11.9. The molecule has 0 bridgehead atoms. The van der Waals surface area contributed by atoms with Gasteiger partial charge in [0.05, 0.1) is 0 Å². The first kappa shape index (κ1) is 14.5. The van der Waals surface area contributed by atoms with E-state index in [1.165, 1.54) is 24.3 Å². The molecule has 0 saturated carbocycles. The Labute approximate surface area is 122 Å². The van der Waals surface area contributed by atoms with Gasteiger partial charge in [0.25, 0.3) is 0 Å². The number of benzene rings is 2. The van der Waals surface area contributed by atoms with Gasteiger partial charge in [0, 0.05) is 10.6 Å². The van der Waals surface area contributed by atoms with E-state index in [0.29, 0.717) is 16.3 Å². The summed E-state index contributed by atoms with van der Waals surface area (Å²) >= 11 is 5.91. The van der Waals surface area contributed by atoms with E-state index in [2.05, 4.69) is 0 Å². The van der Waals surface area contributed by atoms with Crippen molar-refractivity contribution in [3.8, 4) is 5.75 Å². The van der Waals surface area contributed by atoms with Crippen LogP contribution in [0.3, 0.4) is 0 Å². The molecule has 0 aliphatic carbocycles. The van der Waals surface area contributed by atoms with Crippen molar-refractivity contribution in [3.63, 3.8) is 0 Å². The molecule has 104 valence electrons. The van der Waals surface area contributed by atoms with Gasteiger partial charge in [-0.15, -0.1) is 0 Å². The second kappa shape index (κ2) is 6.06. The number of carbonyl (C=O) groups excluding carboxylic acids is 1. The van der Waals surface area contributed by atoms with Crippen LogP contribution in [0.25, 0.3) is 0 Å². The summed E-state index contributed by atoms with van der Waals surface area (Å²) in [6.07, 6.45) is -0.669. The number of ether oxygens (including phenoxy) is 1. The summed E-state index contributed by atoms with van der Waals surface area (Å²) in [6, 6.07) is 10.7. The lowest BCUT2D eigenvalue weighted by Gasteiger charge is -2.15. The molecule has 2 rings (SSSR count). The molecule has 0 spiro atoms. The molecule has 2 aromatic carbocycles. The van der Waals surface area contributed by atoms with Crippen LogP contribution in [-0.4, -0.2) is 11.9 Å².